The highest BCUT2D eigenvalue weighted by Crippen LogP contribution is 2.22. The van der Waals surface area contributed by atoms with Crippen LogP contribution < -0.4 is 5.32 Å². The fourth-order valence-corrected chi connectivity index (χ4v) is 2.17. The van der Waals surface area contributed by atoms with Gasteiger partial charge in [-0.05, 0) is 40.6 Å². The zero-order valence-electron chi connectivity index (χ0n) is 12.7. The Morgan fingerprint density at radius 2 is 1.83 bits per heavy atom. The molecule has 1 N–H and O–H groups in total. The minimum absolute atomic E-state index is 0.0474. The molecule has 0 aliphatic carbocycles. The van der Waals surface area contributed by atoms with Crippen LogP contribution in [0.25, 0.3) is 11.1 Å². The van der Waals surface area contributed by atoms with E-state index in [4.69, 9.17) is 0 Å². The maximum atomic E-state index is 14.2. The first-order chi connectivity index (χ1) is 11.5. The third-order valence-corrected chi connectivity index (χ3v) is 3.35. The van der Waals surface area contributed by atoms with E-state index in [0.29, 0.717) is 17.0 Å². The third kappa shape index (κ3) is 3.43. The molecule has 122 valence electrons. The summed E-state index contributed by atoms with van der Waals surface area (Å²) in [4.78, 5) is 13.3. The molecule has 8 heteroatoms. The van der Waals surface area contributed by atoms with Gasteiger partial charge in [-0.2, -0.15) is 4.80 Å². The van der Waals surface area contributed by atoms with Crippen molar-refractivity contribution in [3.63, 3.8) is 0 Å². The molecule has 1 amide bonds. The van der Waals surface area contributed by atoms with Crippen LogP contribution in [0.1, 0.15) is 16.2 Å². The van der Waals surface area contributed by atoms with E-state index in [-0.39, 0.29) is 17.9 Å². The molecule has 0 saturated carbocycles. The number of tetrazole rings is 1. The molecule has 1 heterocycles. The van der Waals surface area contributed by atoms with Crippen LogP contribution in [-0.2, 0) is 13.6 Å². The highest BCUT2D eigenvalue weighted by atomic mass is 19.1. The number of hydrogen-bond donors (Lipinski definition) is 1. The topological polar surface area (TPSA) is 72.7 Å². The van der Waals surface area contributed by atoms with Crippen molar-refractivity contribution in [2.75, 3.05) is 0 Å². The molecule has 0 unspecified atom stereocenters. The first kappa shape index (κ1) is 15.7. The molecule has 0 atom stereocenters. The molecular formula is C16H13F2N5O. The monoisotopic (exact) mass is 329 g/mol. The summed E-state index contributed by atoms with van der Waals surface area (Å²) in [7, 11) is 1.60. The van der Waals surface area contributed by atoms with Gasteiger partial charge in [0.1, 0.15) is 11.6 Å². The highest BCUT2D eigenvalue weighted by Gasteiger charge is 2.13. The predicted molar refractivity (Wildman–Crippen MR) is 81.8 cm³/mol. The summed E-state index contributed by atoms with van der Waals surface area (Å²) >= 11 is 0. The summed E-state index contributed by atoms with van der Waals surface area (Å²) < 4.78 is 27.1. The summed E-state index contributed by atoms with van der Waals surface area (Å²) in [6.45, 7) is 0.0474. The van der Waals surface area contributed by atoms with Crippen molar-refractivity contribution >= 4 is 5.91 Å². The summed E-state index contributed by atoms with van der Waals surface area (Å²) in [5, 5.41) is 13.8. The van der Waals surface area contributed by atoms with E-state index in [2.05, 4.69) is 20.7 Å². The van der Waals surface area contributed by atoms with E-state index in [0.717, 1.165) is 0 Å². The molecule has 24 heavy (non-hydrogen) atoms. The Kier molecular flexibility index (Phi) is 4.28. The van der Waals surface area contributed by atoms with Crippen LogP contribution in [0, 0.1) is 11.6 Å². The lowest BCUT2D eigenvalue weighted by Crippen LogP contribution is -2.24. The van der Waals surface area contributed by atoms with E-state index < -0.39 is 11.7 Å². The molecule has 0 radical (unpaired) electrons. The molecule has 0 spiro atoms. The number of nitrogens with one attached hydrogen (secondary N) is 1. The molecule has 0 fully saturated rings. The second kappa shape index (κ2) is 6.53. The van der Waals surface area contributed by atoms with E-state index in [1.54, 1.807) is 25.2 Å². The minimum Gasteiger partial charge on any atom is -0.344 e. The number of carbonyl (C=O) groups excluding carboxylic acids is 1. The molecular weight excluding hydrogens is 316 g/mol. The molecule has 0 bridgehead atoms. The van der Waals surface area contributed by atoms with Crippen LogP contribution in [0.15, 0.2) is 42.5 Å². The Bertz CT molecular complexity index is 876. The number of nitrogens with zero attached hydrogens (tertiary/aromatic N) is 4. The van der Waals surface area contributed by atoms with Crippen molar-refractivity contribution in [1.82, 2.24) is 25.5 Å². The van der Waals surface area contributed by atoms with Crippen molar-refractivity contribution in [1.29, 1.82) is 0 Å². The van der Waals surface area contributed by atoms with Crippen LogP contribution in [0.4, 0.5) is 8.78 Å². The summed E-state index contributed by atoms with van der Waals surface area (Å²) in [5.74, 6) is -1.28. The Hall–Kier alpha value is -3.16. The van der Waals surface area contributed by atoms with Crippen molar-refractivity contribution < 1.29 is 13.6 Å². The number of aromatic nitrogens is 4. The Morgan fingerprint density at radius 3 is 2.46 bits per heavy atom. The number of rotatable bonds is 4. The van der Waals surface area contributed by atoms with Gasteiger partial charge in [0.25, 0.3) is 5.91 Å². The number of carbonyl (C=O) groups is 1. The third-order valence-electron chi connectivity index (χ3n) is 3.35. The molecule has 6 nitrogen and oxygen atoms in total. The Labute approximate surface area is 136 Å². The molecule has 0 aliphatic rings. The fourth-order valence-electron chi connectivity index (χ4n) is 2.17. The quantitative estimate of drug-likeness (QED) is 0.795. The van der Waals surface area contributed by atoms with Crippen molar-refractivity contribution in [3.8, 4) is 11.1 Å². The molecule has 2 aromatic carbocycles. The van der Waals surface area contributed by atoms with Gasteiger partial charge in [0.2, 0.25) is 0 Å². The van der Waals surface area contributed by atoms with E-state index in [1.165, 1.54) is 29.1 Å². The number of halogens is 2. The Balaban J connectivity index is 1.74. The van der Waals surface area contributed by atoms with Crippen LogP contribution in [0.3, 0.4) is 0 Å². The number of aryl methyl sites for hydroxylation is 1. The van der Waals surface area contributed by atoms with Crippen LogP contribution >= 0.6 is 0 Å². The second-order valence-electron chi connectivity index (χ2n) is 5.08. The molecule has 3 rings (SSSR count). The first-order valence-corrected chi connectivity index (χ1v) is 7.09. The molecule has 0 saturated heterocycles. The lowest BCUT2D eigenvalue weighted by atomic mass is 10.0. The van der Waals surface area contributed by atoms with Gasteiger partial charge in [0.05, 0.1) is 19.2 Å². The smallest absolute Gasteiger partial charge is 0.254 e. The van der Waals surface area contributed by atoms with Crippen LogP contribution in [-0.4, -0.2) is 26.1 Å². The zero-order valence-corrected chi connectivity index (χ0v) is 12.7. The van der Waals surface area contributed by atoms with Gasteiger partial charge in [-0.15, -0.1) is 10.2 Å². The normalized spacial score (nSPS) is 10.6. The summed E-state index contributed by atoms with van der Waals surface area (Å²) in [5.41, 5.74) is 1.12. The molecule has 0 aliphatic heterocycles. The van der Waals surface area contributed by atoms with Gasteiger partial charge >= 0.3 is 0 Å². The van der Waals surface area contributed by atoms with Crippen LogP contribution in [0.5, 0.6) is 0 Å². The van der Waals surface area contributed by atoms with Crippen molar-refractivity contribution in [2.24, 2.45) is 7.05 Å². The van der Waals surface area contributed by atoms with E-state index in [9.17, 15) is 13.6 Å². The highest BCUT2D eigenvalue weighted by molar-refractivity contribution is 5.94. The fraction of sp³-hybridized carbons (Fsp3) is 0.125. The number of benzene rings is 2. The van der Waals surface area contributed by atoms with Gasteiger partial charge in [-0.25, -0.2) is 8.78 Å². The average molecular weight is 329 g/mol. The predicted octanol–water partition coefficient (Wildman–Crippen LogP) is 2.09. The molecule has 1 aromatic heterocycles. The van der Waals surface area contributed by atoms with E-state index >= 15 is 0 Å². The summed E-state index contributed by atoms with van der Waals surface area (Å²) in [6, 6.07) is 9.90. The standard InChI is InChI=1S/C16H13F2N5O/c1-23-21-15(20-22-23)9-19-16(24)13-7-4-11(8-14(13)18)10-2-5-12(17)6-3-10/h2-8H,9H2,1H3,(H,19,24). The van der Waals surface area contributed by atoms with Gasteiger partial charge in [-0.1, -0.05) is 18.2 Å². The zero-order chi connectivity index (χ0) is 17.1. The summed E-state index contributed by atoms with van der Waals surface area (Å²) in [6.07, 6.45) is 0. The number of hydrogen-bond acceptors (Lipinski definition) is 4. The van der Waals surface area contributed by atoms with Gasteiger partial charge < -0.3 is 5.32 Å². The SMILES string of the molecule is Cn1nnc(CNC(=O)c2ccc(-c3ccc(F)cc3)cc2F)n1. The van der Waals surface area contributed by atoms with Gasteiger partial charge in [0, 0.05) is 0 Å². The lowest BCUT2D eigenvalue weighted by molar-refractivity contribution is 0.0946. The lowest BCUT2D eigenvalue weighted by Gasteiger charge is -2.07. The average Bonchev–Trinajstić information content (AvgIpc) is 2.99. The van der Waals surface area contributed by atoms with Crippen LogP contribution in [0.2, 0.25) is 0 Å². The van der Waals surface area contributed by atoms with Gasteiger partial charge in [0.15, 0.2) is 5.82 Å². The maximum absolute atomic E-state index is 14.2. The Morgan fingerprint density at radius 1 is 1.12 bits per heavy atom. The second-order valence-corrected chi connectivity index (χ2v) is 5.08. The van der Waals surface area contributed by atoms with Gasteiger partial charge in [-0.3, -0.25) is 4.79 Å². The van der Waals surface area contributed by atoms with Crippen molar-refractivity contribution in [2.45, 2.75) is 6.54 Å². The van der Waals surface area contributed by atoms with E-state index in [1.807, 2.05) is 0 Å². The van der Waals surface area contributed by atoms with Crippen molar-refractivity contribution in [3.05, 3.63) is 65.5 Å². The largest absolute Gasteiger partial charge is 0.344 e. The molecule has 3 aromatic rings. The minimum atomic E-state index is -0.665. The maximum Gasteiger partial charge on any atom is 0.254 e. The first-order valence-electron chi connectivity index (χ1n) is 7.09. The number of amides is 1.